The summed E-state index contributed by atoms with van der Waals surface area (Å²) in [6, 6.07) is 10.1. The number of rotatable bonds is 5. The molecule has 1 fully saturated rings. The Morgan fingerprint density at radius 3 is 2.38 bits per heavy atom. The summed E-state index contributed by atoms with van der Waals surface area (Å²) in [6.45, 7) is 9.41. The van der Waals surface area contributed by atoms with E-state index in [9.17, 15) is 0 Å². The molecule has 4 rings (SSSR count). The molecule has 1 aliphatic heterocycles. The van der Waals surface area contributed by atoms with Crippen LogP contribution in [0, 0.1) is 13.8 Å². The molecule has 0 atom stereocenters. The van der Waals surface area contributed by atoms with Gasteiger partial charge in [-0.15, -0.1) is 0 Å². The first-order valence-electron chi connectivity index (χ1n) is 8.92. The van der Waals surface area contributed by atoms with Gasteiger partial charge in [0.15, 0.2) is 5.76 Å². The van der Waals surface area contributed by atoms with Crippen LogP contribution in [-0.4, -0.2) is 51.3 Å². The molecule has 3 aromatic rings. The topological polar surface area (TPSA) is 71.4 Å². The van der Waals surface area contributed by atoms with Gasteiger partial charge in [-0.05, 0) is 19.9 Å². The lowest BCUT2D eigenvalue weighted by atomic mass is 10.1. The van der Waals surface area contributed by atoms with Gasteiger partial charge in [-0.3, -0.25) is 9.80 Å². The highest BCUT2D eigenvalue weighted by Crippen LogP contribution is 2.18. The summed E-state index contributed by atoms with van der Waals surface area (Å²) in [4.78, 5) is 9.27. The Balaban J connectivity index is 1.30. The Hall–Kier alpha value is -2.51. The van der Waals surface area contributed by atoms with Crippen molar-refractivity contribution in [3.63, 3.8) is 0 Å². The molecule has 1 aliphatic rings. The van der Waals surface area contributed by atoms with Crippen molar-refractivity contribution in [3.8, 4) is 11.4 Å². The molecule has 0 N–H and O–H groups in total. The van der Waals surface area contributed by atoms with E-state index >= 15 is 0 Å². The van der Waals surface area contributed by atoms with Crippen molar-refractivity contribution < 1.29 is 9.05 Å². The smallest absolute Gasteiger partial charge is 0.241 e. The molecular formula is C19H23N5O2. The van der Waals surface area contributed by atoms with Crippen LogP contribution in [0.1, 0.15) is 22.9 Å². The molecule has 0 spiro atoms. The lowest BCUT2D eigenvalue weighted by Crippen LogP contribution is -2.45. The number of benzene rings is 1. The zero-order valence-electron chi connectivity index (χ0n) is 15.2. The molecule has 1 saturated heterocycles. The average molecular weight is 353 g/mol. The van der Waals surface area contributed by atoms with Crippen LogP contribution in [0.15, 0.2) is 39.4 Å². The summed E-state index contributed by atoms with van der Waals surface area (Å²) >= 11 is 0. The number of nitrogens with zero attached hydrogens (tertiary/aromatic N) is 5. The summed E-state index contributed by atoms with van der Waals surface area (Å²) in [5.41, 5.74) is 3.11. The maximum absolute atomic E-state index is 5.45. The van der Waals surface area contributed by atoms with Gasteiger partial charge in [-0.25, -0.2) is 0 Å². The normalized spacial score (nSPS) is 16.2. The molecule has 0 bridgehead atoms. The Bertz CT molecular complexity index is 864. The quantitative estimate of drug-likeness (QED) is 0.698. The molecule has 0 radical (unpaired) electrons. The molecule has 0 aliphatic carbocycles. The van der Waals surface area contributed by atoms with Gasteiger partial charge in [0.2, 0.25) is 11.7 Å². The Morgan fingerprint density at radius 1 is 0.923 bits per heavy atom. The fraction of sp³-hybridized carbons (Fsp3) is 0.421. The lowest BCUT2D eigenvalue weighted by molar-refractivity contribution is 0.105. The van der Waals surface area contributed by atoms with Crippen molar-refractivity contribution in [2.75, 3.05) is 26.2 Å². The highest BCUT2D eigenvalue weighted by atomic mass is 16.5. The van der Waals surface area contributed by atoms with Crippen molar-refractivity contribution in [1.29, 1.82) is 0 Å². The van der Waals surface area contributed by atoms with E-state index in [0.717, 1.165) is 49.7 Å². The van der Waals surface area contributed by atoms with E-state index in [0.29, 0.717) is 18.3 Å². The number of piperazine rings is 1. The number of hydrogen-bond acceptors (Lipinski definition) is 7. The molecule has 0 amide bonds. The van der Waals surface area contributed by atoms with Gasteiger partial charge in [0.1, 0.15) is 0 Å². The number of aryl methyl sites for hydroxylation is 2. The summed E-state index contributed by atoms with van der Waals surface area (Å²) in [5.74, 6) is 2.25. The van der Waals surface area contributed by atoms with Crippen LogP contribution in [0.2, 0.25) is 0 Å². The summed E-state index contributed by atoms with van der Waals surface area (Å²) in [6.07, 6.45) is 0. The standard InChI is InChI=1S/C19H23N5O2/c1-14-4-3-5-16(10-14)19-20-18(26-22-19)13-24-8-6-23(7-9-24)12-17-11-15(2)21-25-17/h3-5,10-11H,6-9,12-13H2,1-2H3. The number of aromatic nitrogens is 3. The first-order chi connectivity index (χ1) is 12.7. The summed E-state index contributed by atoms with van der Waals surface area (Å²) in [7, 11) is 0. The first kappa shape index (κ1) is 16.9. The van der Waals surface area contributed by atoms with Crippen LogP contribution >= 0.6 is 0 Å². The molecular weight excluding hydrogens is 330 g/mol. The van der Waals surface area contributed by atoms with E-state index in [2.05, 4.69) is 44.2 Å². The first-order valence-corrected chi connectivity index (χ1v) is 8.92. The summed E-state index contributed by atoms with van der Waals surface area (Å²) < 4.78 is 10.8. The molecule has 0 saturated carbocycles. The Kier molecular flexibility index (Phi) is 4.81. The minimum absolute atomic E-state index is 0.656. The maximum Gasteiger partial charge on any atom is 0.241 e. The zero-order chi connectivity index (χ0) is 17.9. The van der Waals surface area contributed by atoms with E-state index in [4.69, 9.17) is 9.05 Å². The second kappa shape index (κ2) is 7.39. The highest BCUT2D eigenvalue weighted by Gasteiger charge is 2.20. The fourth-order valence-electron chi connectivity index (χ4n) is 3.23. The van der Waals surface area contributed by atoms with E-state index in [1.54, 1.807) is 0 Å². The molecule has 136 valence electrons. The predicted molar refractivity (Wildman–Crippen MR) is 96.3 cm³/mol. The third kappa shape index (κ3) is 4.00. The Morgan fingerprint density at radius 2 is 1.69 bits per heavy atom. The van der Waals surface area contributed by atoms with Crippen LogP contribution < -0.4 is 0 Å². The zero-order valence-corrected chi connectivity index (χ0v) is 15.2. The van der Waals surface area contributed by atoms with Gasteiger partial charge in [0.05, 0.1) is 18.8 Å². The van der Waals surface area contributed by atoms with Gasteiger partial charge in [0.25, 0.3) is 0 Å². The number of hydrogen-bond donors (Lipinski definition) is 0. The van der Waals surface area contributed by atoms with Crippen LogP contribution in [0.3, 0.4) is 0 Å². The monoisotopic (exact) mass is 353 g/mol. The second-order valence-electron chi connectivity index (χ2n) is 6.87. The van der Waals surface area contributed by atoms with Gasteiger partial charge in [-0.2, -0.15) is 4.98 Å². The van der Waals surface area contributed by atoms with E-state index in [1.807, 2.05) is 25.1 Å². The Labute approximate surface area is 152 Å². The third-order valence-electron chi connectivity index (χ3n) is 4.62. The van der Waals surface area contributed by atoms with E-state index < -0.39 is 0 Å². The minimum Gasteiger partial charge on any atom is -0.360 e. The van der Waals surface area contributed by atoms with Crippen molar-refractivity contribution >= 4 is 0 Å². The van der Waals surface area contributed by atoms with Crippen LogP contribution in [0.4, 0.5) is 0 Å². The van der Waals surface area contributed by atoms with Crippen molar-refractivity contribution in [3.05, 3.63) is 53.2 Å². The van der Waals surface area contributed by atoms with Crippen molar-refractivity contribution in [1.82, 2.24) is 25.1 Å². The van der Waals surface area contributed by atoms with Gasteiger partial charge in [-0.1, -0.05) is 34.1 Å². The largest absolute Gasteiger partial charge is 0.360 e. The summed E-state index contributed by atoms with van der Waals surface area (Å²) in [5, 5.41) is 8.07. The molecule has 7 nitrogen and oxygen atoms in total. The van der Waals surface area contributed by atoms with Gasteiger partial charge >= 0.3 is 0 Å². The molecule has 26 heavy (non-hydrogen) atoms. The third-order valence-corrected chi connectivity index (χ3v) is 4.62. The van der Waals surface area contributed by atoms with Crippen LogP contribution in [0.25, 0.3) is 11.4 Å². The molecule has 2 aromatic heterocycles. The average Bonchev–Trinajstić information content (AvgIpc) is 3.26. The van der Waals surface area contributed by atoms with Gasteiger partial charge < -0.3 is 9.05 Å². The van der Waals surface area contributed by atoms with Crippen molar-refractivity contribution in [2.24, 2.45) is 0 Å². The highest BCUT2D eigenvalue weighted by molar-refractivity contribution is 5.55. The fourth-order valence-corrected chi connectivity index (χ4v) is 3.23. The molecule has 0 unspecified atom stereocenters. The molecule has 7 heteroatoms. The van der Waals surface area contributed by atoms with Crippen LogP contribution in [-0.2, 0) is 13.1 Å². The second-order valence-corrected chi connectivity index (χ2v) is 6.87. The van der Waals surface area contributed by atoms with Crippen molar-refractivity contribution in [2.45, 2.75) is 26.9 Å². The van der Waals surface area contributed by atoms with E-state index in [1.165, 1.54) is 5.56 Å². The lowest BCUT2D eigenvalue weighted by Gasteiger charge is -2.33. The van der Waals surface area contributed by atoms with Gasteiger partial charge in [0, 0.05) is 37.8 Å². The maximum atomic E-state index is 5.45. The minimum atomic E-state index is 0.656. The predicted octanol–water partition coefficient (Wildman–Crippen LogP) is 2.66. The van der Waals surface area contributed by atoms with Crippen LogP contribution in [0.5, 0.6) is 0 Å². The van der Waals surface area contributed by atoms with E-state index in [-0.39, 0.29) is 0 Å². The molecule has 1 aromatic carbocycles. The molecule has 3 heterocycles. The SMILES string of the molecule is Cc1cccc(-c2noc(CN3CCN(Cc4cc(C)no4)CC3)n2)c1.